The average Bonchev–Trinajstić information content (AvgIpc) is 3.45. The summed E-state index contributed by atoms with van der Waals surface area (Å²) in [5, 5.41) is 8.64. The highest BCUT2D eigenvalue weighted by atomic mass is 32.1. The standard InChI is InChI=1S/C24H19N5O5S/c1-14-7-9-15(10-8-14)34-22-21-27-28(24(32)29(21)18-6-4-3-5-16(18)26-22)13-19(30)25-17-11-12-35-20(17)23(31)33-2/h3-12H,13H2,1-2H3,(H,25,30). The molecule has 0 aliphatic heterocycles. The smallest absolute Gasteiger partial charge is 0.351 e. The molecule has 0 radical (unpaired) electrons. The average molecular weight is 490 g/mol. The maximum absolute atomic E-state index is 13.3. The van der Waals surface area contributed by atoms with Gasteiger partial charge in [-0.1, -0.05) is 29.8 Å². The normalized spacial score (nSPS) is 11.0. The van der Waals surface area contributed by atoms with Gasteiger partial charge in [0, 0.05) is 0 Å². The SMILES string of the molecule is COC(=O)c1sccc1NC(=O)Cn1nc2c(Oc3ccc(C)cc3)nc3ccccc3n2c1=O. The summed E-state index contributed by atoms with van der Waals surface area (Å²) in [7, 11) is 1.26. The molecule has 1 N–H and O–H groups in total. The molecule has 10 nitrogen and oxygen atoms in total. The third kappa shape index (κ3) is 4.24. The number of aromatic nitrogens is 4. The molecule has 11 heteroatoms. The zero-order chi connectivity index (χ0) is 24.5. The molecule has 1 amide bonds. The van der Waals surface area contributed by atoms with Crippen LogP contribution in [0, 0.1) is 6.92 Å². The number of esters is 1. The van der Waals surface area contributed by atoms with Crippen molar-refractivity contribution in [3.63, 3.8) is 0 Å². The van der Waals surface area contributed by atoms with Crippen LogP contribution in [-0.2, 0) is 16.1 Å². The van der Waals surface area contributed by atoms with E-state index in [4.69, 9.17) is 9.47 Å². The summed E-state index contributed by atoms with van der Waals surface area (Å²) in [6.07, 6.45) is 0. The summed E-state index contributed by atoms with van der Waals surface area (Å²) in [5.74, 6) is -0.421. The highest BCUT2D eigenvalue weighted by Gasteiger charge is 2.20. The summed E-state index contributed by atoms with van der Waals surface area (Å²) in [4.78, 5) is 42.7. The van der Waals surface area contributed by atoms with Gasteiger partial charge in [0.05, 0.1) is 23.8 Å². The highest BCUT2D eigenvalue weighted by molar-refractivity contribution is 7.12. The first kappa shape index (κ1) is 22.3. The lowest BCUT2D eigenvalue weighted by Gasteiger charge is -2.07. The minimum absolute atomic E-state index is 0.134. The van der Waals surface area contributed by atoms with Crippen molar-refractivity contribution < 1.29 is 19.1 Å². The molecule has 2 aromatic carbocycles. The van der Waals surface area contributed by atoms with Crippen molar-refractivity contribution in [3.8, 4) is 11.6 Å². The number of carbonyl (C=O) groups excluding carboxylic acids is 2. The molecule has 0 saturated carbocycles. The van der Waals surface area contributed by atoms with E-state index < -0.39 is 17.6 Å². The Morgan fingerprint density at radius 3 is 2.63 bits per heavy atom. The van der Waals surface area contributed by atoms with Gasteiger partial charge in [0.25, 0.3) is 5.88 Å². The molecule has 0 spiro atoms. The fraction of sp³-hybridized carbons (Fsp3) is 0.125. The lowest BCUT2D eigenvalue weighted by molar-refractivity contribution is -0.117. The van der Waals surface area contributed by atoms with Gasteiger partial charge in [0.1, 0.15) is 17.2 Å². The van der Waals surface area contributed by atoms with E-state index in [1.165, 1.54) is 11.5 Å². The molecule has 3 aromatic heterocycles. The van der Waals surface area contributed by atoms with Crippen molar-refractivity contribution in [2.45, 2.75) is 13.5 Å². The summed E-state index contributed by atoms with van der Waals surface area (Å²) in [5.41, 5.74) is 2.09. The Kier molecular flexibility index (Phi) is 5.75. The fourth-order valence-corrected chi connectivity index (χ4v) is 4.31. The van der Waals surface area contributed by atoms with E-state index in [2.05, 4.69) is 15.4 Å². The van der Waals surface area contributed by atoms with Crippen LogP contribution >= 0.6 is 11.3 Å². The lowest BCUT2D eigenvalue weighted by Crippen LogP contribution is -2.28. The first-order chi connectivity index (χ1) is 16.9. The van der Waals surface area contributed by atoms with Gasteiger partial charge in [-0.25, -0.2) is 23.7 Å². The first-order valence-corrected chi connectivity index (χ1v) is 11.4. The van der Waals surface area contributed by atoms with E-state index in [1.54, 1.807) is 47.8 Å². The van der Waals surface area contributed by atoms with E-state index >= 15 is 0 Å². The van der Waals surface area contributed by atoms with Gasteiger partial charge in [-0.2, -0.15) is 0 Å². The minimum Gasteiger partial charge on any atom is -0.465 e. The van der Waals surface area contributed by atoms with E-state index in [1.807, 2.05) is 19.1 Å². The molecular weight excluding hydrogens is 470 g/mol. The number of benzene rings is 2. The van der Waals surface area contributed by atoms with Crippen LogP contribution in [0.1, 0.15) is 15.2 Å². The number of fused-ring (bicyclic) bond motifs is 3. The Labute approximate surface area is 202 Å². The third-order valence-corrected chi connectivity index (χ3v) is 6.11. The molecule has 0 aliphatic carbocycles. The number of aryl methyl sites for hydroxylation is 1. The van der Waals surface area contributed by atoms with E-state index in [-0.39, 0.29) is 22.9 Å². The number of nitrogens with zero attached hydrogens (tertiary/aromatic N) is 4. The maximum atomic E-state index is 13.3. The number of ether oxygens (including phenoxy) is 2. The van der Waals surface area contributed by atoms with Crippen LogP contribution in [0.25, 0.3) is 16.7 Å². The highest BCUT2D eigenvalue weighted by Crippen LogP contribution is 2.26. The molecule has 0 unspecified atom stereocenters. The number of rotatable bonds is 6. The molecule has 0 bridgehead atoms. The number of anilines is 1. The van der Waals surface area contributed by atoms with Gasteiger partial charge in [-0.05, 0) is 42.6 Å². The number of hydrogen-bond donors (Lipinski definition) is 1. The molecule has 0 fully saturated rings. The van der Waals surface area contributed by atoms with Crippen molar-refractivity contribution in [3.05, 3.63) is 80.9 Å². The molecule has 176 valence electrons. The van der Waals surface area contributed by atoms with Crippen LogP contribution in [0.4, 0.5) is 5.69 Å². The monoisotopic (exact) mass is 489 g/mol. The Balaban J connectivity index is 1.53. The Bertz CT molecular complexity index is 1630. The largest absolute Gasteiger partial charge is 0.465 e. The Morgan fingerprint density at radius 2 is 1.86 bits per heavy atom. The van der Waals surface area contributed by atoms with Gasteiger partial charge in [0.2, 0.25) is 11.6 Å². The van der Waals surface area contributed by atoms with Crippen LogP contribution in [-0.4, -0.2) is 38.2 Å². The number of nitrogens with one attached hydrogen (secondary N) is 1. The molecule has 0 aliphatic rings. The number of carbonyl (C=O) groups is 2. The van der Waals surface area contributed by atoms with Crippen molar-refractivity contribution in [1.29, 1.82) is 0 Å². The number of amides is 1. The second-order valence-electron chi connectivity index (χ2n) is 7.62. The number of hydrogen-bond acceptors (Lipinski definition) is 8. The van der Waals surface area contributed by atoms with Gasteiger partial charge in [-0.3, -0.25) is 4.79 Å². The van der Waals surface area contributed by atoms with E-state index in [9.17, 15) is 14.4 Å². The van der Waals surface area contributed by atoms with Crippen molar-refractivity contribution in [2.75, 3.05) is 12.4 Å². The van der Waals surface area contributed by atoms with Gasteiger partial charge >= 0.3 is 11.7 Å². The molecule has 3 heterocycles. The first-order valence-electron chi connectivity index (χ1n) is 10.5. The van der Waals surface area contributed by atoms with E-state index in [0.29, 0.717) is 22.5 Å². The predicted octanol–water partition coefficient (Wildman–Crippen LogP) is 3.63. The van der Waals surface area contributed by atoms with Crippen LogP contribution in [0.15, 0.2) is 64.8 Å². The van der Waals surface area contributed by atoms with Crippen LogP contribution < -0.4 is 15.7 Å². The Hall–Kier alpha value is -4.51. The minimum atomic E-state index is -0.560. The topological polar surface area (TPSA) is 117 Å². The lowest BCUT2D eigenvalue weighted by atomic mass is 10.2. The van der Waals surface area contributed by atoms with Crippen LogP contribution in [0.3, 0.4) is 0 Å². The zero-order valence-corrected chi connectivity index (χ0v) is 19.5. The zero-order valence-electron chi connectivity index (χ0n) is 18.7. The summed E-state index contributed by atoms with van der Waals surface area (Å²) in [6, 6.07) is 16.1. The second-order valence-corrected chi connectivity index (χ2v) is 8.54. The van der Waals surface area contributed by atoms with Gasteiger partial charge in [0.15, 0.2) is 0 Å². The Morgan fingerprint density at radius 1 is 1.09 bits per heavy atom. The molecular formula is C24H19N5O5S. The van der Waals surface area contributed by atoms with Crippen molar-refractivity contribution >= 4 is 45.6 Å². The summed E-state index contributed by atoms with van der Waals surface area (Å²) >= 11 is 1.14. The maximum Gasteiger partial charge on any atom is 0.351 e. The van der Waals surface area contributed by atoms with Crippen molar-refractivity contribution in [2.24, 2.45) is 0 Å². The number of methoxy groups -OCH3 is 1. The molecule has 35 heavy (non-hydrogen) atoms. The third-order valence-electron chi connectivity index (χ3n) is 5.21. The number of thiophene rings is 1. The van der Waals surface area contributed by atoms with Crippen LogP contribution in [0.5, 0.6) is 11.6 Å². The predicted molar refractivity (Wildman–Crippen MR) is 130 cm³/mol. The van der Waals surface area contributed by atoms with Crippen molar-refractivity contribution in [1.82, 2.24) is 19.2 Å². The second kappa shape index (κ2) is 9.03. The number of para-hydroxylation sites is 2. The quantitative estimate of drug-likeness (QED) is 0.362. The molecule has 5 aromatic rings. The molecule has 5 rings (SSSR count). The van der Waals surface area contributed by atoms with Crippen LogP contribution in [0.2, 0.25) is 0 Å². The van der Waals surface area contributed by atoms with Gasteiger partial charge in [-0.15, -0.1) is 16.4 Å². The molecule has 0 atom stereocenters. The van der Waals surface area contributed by atoms with Gasteiger partial charge < -0.3 is 14.8 Å². The fourth-order valence-electron chi connectivity index (χ4n) is 3.54. The summed E-state index contributed by atoms with van der Waals surface area (Å²) < 4.78 is 13.1. The molecule has 0 saturated heterocycles. The summed E-state index contributed by atoms with van der Waals surface area (Å²) in [6.45, 7) is 1.59. The van der Waals surface area contributed by atoms with E-state index in [0.717, 1.165) is 21.6 Å².